The lowest BCUT2D eigenvalue weighted by molar-refractivity contribution is 0.198. The summed E-state index contributed by atoms with van der Waals surface area (Å²) in [5, 5.41) is 7.05. The lowest BCUT2D eigenvalue weighted by Gasteiger charge is -2.16. The van der Waals surface area contributed by atoms with E-state index < -0.39 is 0 Å². The molecule has 1 atom stereocenters. The van der Waals surface area contributed by atoms with Crippen LogP contribution in [-0.4, -0.2) is 34.3 Å². The van der Waals surface area contributed by atoms with E-state index in [0.717, 1.165) is 37.5 Å². The van der Waals surface area contributed by atoms with Gasteiger partial charge in [0.15, 0.2) is 0 Å². The maximum absolute atomic E-state index is 5.99. The van der Waals surface area contributed by atoms with Crippen LogP contribution in [0.5, 0.6) is 5.75 Å². The van der Waals surface area contributed by atoms with Gasteiger partial charge in [-0.2, -0.15) is 5.10 Å². The summed E-state index contributed by atoms with van der Waals surface area (Å²) in [7, 11) is 0. The minimum Gasteiger partial charge on any atom is -0.489 e. The molecule has 0 bridgehead atoms. The molecule has 1 N–H and O–H groups in total. The third-order valence-electron chi connectivity index (χ3n) is 3.60. The topological polar surface area (TPSA) is 41.2 Å². The average Bonchev–Trinajstić information content (AvgIpc) is 3.02. The Morgan fingerprint density at radius 2 is 2.21 bits per heavy atom. The van der Waals surface area contributed by atoms with Gasteiger partial charge >= 0.3 is 0 Å². The fourth-order valence-corrected chi connectivity index (χ4v) is 2.50. The van der Waals surface area contributed by atoms with Crippen molar-refractivity contribution < 1.29 is 4.74 Å². The third kappa shape index (κ3) is 2.96. The van der Waals surface area contributed by atoms with Crippen molar-refractivity contribution in [1.82, 2.24) is 15.1 Å². The largest absolute Gasteiger partial charge is 0.489 e. The number of ether oxygens (including phenoxy) is 1. The van der Waals surface area contributed by atoms with E-state index >= 15 is 0 Å². The molecule has 1 unspecified atom stereocenters. The standard InChI is InChI=1S/C15H19N3O/c1-12-13(9-16-17-12)10-18-8-7-15(11-18)19-14-5-3-2-4-6-14/h2-6,9,15H,7-8,10-11H2,1H3,(H,16,17). The van der Waals surface area contributed by atoms with Crippen LogP contribution in [0.2, 0.25) is 0 Å². The Labute approximate surface area is 113 Å². The van der Waals surface area contributed by atoms with E-state index in [1.807, 2.05) is 36.5 Å². The summed E-state index contributed by atoms with van der Waals surface area (Å²) >= 11 is 0. The second kappa shape index (κ2) is 5.45. The molecule has 1 fully saturated rings. The van der Waals surface area contributed by atoms with Crippen molar-refractivity contribution in [3.05, 3.63) is 47.8 Å². The molecule has 0 amide bonds. The molecular formula is C15H19N3O. The summed E-state index contributed by atoms with van der Waals surface area (Å²) in [6.07, 6.45) is 3.31. The summed E-state index contributed by atoms with van der Waals surface area (Å²) < 4.78 is 5.99. The number of para-hydroxylation sites is 1. The van der Waals surface area contributed by atoms with Crippen molar-refractivity contribution in [1.29, 1.82) is 0 Å². The maximum atomic E-state index is 5.99. The smallest absolute Gasteiger partial charge is 0.119 e. The molecule has 3 rings (SSSR count). The number of likely N-dealkylation sites (tertiary alicyclic amines) is 1. The quantitative estimate of drug-likeness (QED) is 0.914. The van der Waals surface area contributed by atoms with Crippen molar-refractivity contribution in [2.24, 2.45) is 0 Å². The number of aromatic nitrogens is 2. The van der Waals surface area contributed by atoms with Crippen molar-refractivity contribution in [2.45, 2.75) is 26.0 Å². The molecule has 2 aromatic rings. The predicted molar refractivity (Wildman–Crippen MR) is 74.1 cm³/mol. The third-order valence-corrected chi connectivity index (χ3v) is 3.60. The second-order valence-electron chi connectivity index (χ2n) is 5.10. The first-order valence-corrected chi connectivity index (χ1v) is 6.74. The maximum Gasteiger partial charge on any atom is 0.119 e. The molecule has 1 aromatic carbocycles. The summed E-state index contributed by atoms with van der Waals surface area (Å²) in [6.45, 7) is 5.09. The monoisotopic (exact) mass is 257 g/mol. The summed E-state index contributed by atoms with van der Waals surface area (Å²) in [6, 6.07) is 10.1. The fourth-order valence-electron chi connectivity index (χ4n) is 2.50. The second-order valence-corrected chi connectivity index (χ2v) is 5.10. The van der Waals surface area contributed by atoms with Crippen LogP contribution in [0.15, 0.2) is 36.5 Å². The lowest BCUT2D eigenvalue weighted by Crippen LogP contribution is -2.24. The predicted octanol–water partition coefficient (Wildman–Crippen LogP) is 2.37. The molecule has 19 heavy (non-hydrogen) atoms. The van der Waals surface area contributed by atoms with Gasteiger partial charge in [0.1, 0.15) is 11.9 Å². The first-order valence-electron chi connectivity index (χ1n) is 6.74. The zero-order valence-corrected chi connectivity index (χ0v) is 11.2. The first kappa shape index (κ1) is 12.2. The van der Waals surface area contributed by atoms with Crippen LogP contribution >= 0.6 is 0 Å². The van der Waals surface area contributed by atoms with Gasteiger partial charge in [-0.25, -0.2) is 0 Å². The van der Waals surface area contributed by atoms with E-state index in [-0.39, 0.29) is 0 Å². The van der Waals surface area contributed by atoms with Crippen LogP contribution in [0.1, 0.15) is 17.7 Å². The van der Waals surface area contributed by atoms with Gasteiger partial charge in [-0.3, -0.25) is 10.00 Å². The number of rotatable bonds is 4. The van der Waals surface area contributed by atoms with Crippen molar-refractivity contribution in [2.75, 3.05) is 13.1 Å². The van der Waals surface area contributed by atoms with Crippen LogP contribution in [-0.2, 0) is 6.54 Å². The van der Waals surface area contributed by atoms with Crippen LogP contribution in [0, 0.1) is 6.92 Å². The van der Waals surface area contributed by atoms with E-state index in [1.54, 1.807) is 0 Å². The normalized spacial score (nSPS) is 19.7. The highest BCUT2D eigenvalue weighted by atomic mass is 16.5. The van der Waals surface area contributed by atoms with Crippen LogP contribution in [0.4, 0.5) is 0 Å². The number of hydrogen-bond acceptors (Lipinski definition) is 3. The van der Waals surface area contributed by atoms with Gasteiger partial charge in [0, 0.05) is 30.9 Å². The van der Waals surface area contributed by atoms with Crippen molar-refractivity contribution in [3.63, 3.8) is 0 Å². The van der Waals surface area contributed by atoms with Gasteiger partial charge in [-0.1, -0.05) is 18.2 Å². The molecule has 0 radical (unpaired) electrons. The van der Waals surface area contributed by atoms with E-state index in [2.05, 4.69) is 22.0 Å². The van der Waals surface area contributed by atoms with E-state index in [1.165, 1.54) is 5.56 Å². The molecule has 1 aliphatic heterocycles. The van der Waals surface area contributed by atoms with Gasteiger partial charge in [0.05, 0.1) is 6.20 Å². The molecule has 2 heterocycles. The Morgan fingerprint density at radius 3 is 2.95 bits per heavy atom. The highest BCUT2D eigenvalue weighted by molar-refractivity contribution is 5.21. The number of H-pyrrole nitrogens is 1. The fraction of sp³-hybridized carbons (Fsp3) is 0.400. The molecule has 1 aliphatic rings. The molecule has 0 spiro atoms. The molecule has 4 nitrogen and oxygen atoms in total. The zero-order valence-electron chi connectivity index (χ0n) is 11.2. The van der Waals surface area contributed by atoms with Crippen LogP contribution in [0.25, 0.3) is 0 Å². The average molecular weight is 257 g/mol. The van der Waals surface area contributed by atoms with Gasteiger partial charge in [0.25, 0.3) is 0 Å². The molecule has 0 saturated carbocycles. The Bertz CT molecular complexity index is 523. The highest BCUT2D eigenvalue weighted by Gasteiger charge is 2.24. The van der Waals surface area contributed by atoms with Crippen LogP contribution in [0.3, 0.4) is 0 Å². The van der Waals surface area contributed by atoms with E-state index in [4.69, 9.17) is 4.74 Å². The van der Waals surface area contributed by atoms with Crippen LogP contribution < -0.4 is 4.74 Å². The van der Waals surface area contributed by atoms with E-state index in [0.29, 0.717) is 6.10 Å². The zero-order chi connectivity index (χ0) is 13.1. The SMILES string of the molecule is Cc1[nH]ncc1CN1CCC(Oc2ccccc2)C1. The number of nitrogens with one attached hydrogen (secondary N) is 1. The number of nitrogens with zero attached hydrogens (tertiary/aromatic N) is 2. The molecule has 4 heteroatoms. The highest BCUT2D eigenvalue weighted by Crippen LogP contribution is 2.19. The molecule has 1 saturated heterocycles. The van der Waals surface area contributed by atoms with Crippen molar-refractivity contribution in [3.8, 4) is 5.75 Å². The molecule has 100 valence electrons. The first-order chi connectivity index (χ1) is 9.31. The number of aromatic amines is 1. The Balaban J connectivity index is 1.54. The minimum atomic E-state index is 0.301. The number of aryl methyl sites for hydroxylation is 1. The lowest BCUT2D eigenvalue weighted by atomic mass is 10.2. The summed E-state index contributed by atoms with van der Waals surface area (Å²) in [4.78, 5) is 2.42. The van der Waals surface area contributed by atoms with Gasteiger partial charge in [0.2, 0.25) is 0 Å². The molecular weight excluding hydrogens is 238 g/mol. The Hall–Kier alpha value is -1.81. The van der Waals surface area contributed by atoms with Gasteiger partial charge in [-0.15, -0.1) is 0 Å². The number of hydrogen-bond donors (Lipinski definition) is 1. The number of benzene rings is 1. The Morgan fingerprint density at radius 1 is 1.37 bits per heavy atom. The van der Waals surface area contributed by atoms with E-state index in [9.17, 15) is 0 Å². The minimum absolute atomic E-state index is 0.301. The van der Waals surface area contributed by atoms with Crippen molar-refractivity contribution >= 4 is 0 Å². The molecule has 1 aromatic heterocycles. The van der Waals surface area contributed by atoms with Gasteiger partial charge in [-0.05, 0) is 25.5 Å². The molecule has 0 aliphatic carbocycles. The van der Waals surface area contributed by atoms with Gasteiger partial charge < -0.3 is 4.74 Å². The summed E-state index contributed by atoms with van der Waals surface area (Å²) in [5.41, 5.74) is 2.44. The Kier molecular flexibility index (Phi) is 3.51. The summed E-state index contributed by atoms with van der Waals surface area (Å²) in [5.74, 6) is 0.967.